The molecule has 1 saturated heterocycles. The summed E-state index contributed by atoms with van der Waals surface area (Å²) in [4.78, 5) is 11.1. The van der Waals surface area contributed by atoms with Crippen LogP contribution in [0.25, 0.3) is 0 Å². The number of ether oxygens (including phenoxy) is 2. The van der Waals surface area contributed by atoms with Crippen molar-refractivity contribution in [3.05, 3.63) is 77.9 Å². The minimum atomic E-state index is -0.133. The van der Waals surface area contributed by atoms with Gasteiger partial charge in [0.1, 0.15) is 12.0 Å². The number of hydrogen-bond donors (Lipinski definition) is 0. The minimum Gasteiger partial charge on any atom is -0.465 e. The Balaban J connectivity index is 1.60. The second kappa shape index (κ2) is 9.93. The molecular formula is C23H26O3. The second-order valence-electron chi connectivity index (χ2n) is 6.61. The summed E-state index contributed by atoms with van der Waals surface area (Å²) in [6, 6.07) is 18.3. The Bertz CT molecular complexity index is 685. The molecule has 3 nitrogen and oxygen atoms in total. The van der Waals surface area contributed by atoms with Crippen molar-refractivity contribution in [2.45, 2.75) is 44.3 Å². The van der Waals surface area contributed by atoms with Crippen LogP contribution in [0, 0.1) is 0 Å². The summed E-state index contributed by atoms with van der Waals surface area (Å²) in [5.74, 6) is 0.912. The Morgan fingerprint density at radius 1 is 1.08 bits per heavy atom. The summed E-state index contributed by atoms with van der Waals surface area (Å²) < 4.78 is 11.5. The molecule has 1 aliphatic heterocycles. The molecule has 2 aromatic rings. The predicted molar refractivity (Wildman–Crippen MR) is 103 cm³/mol. The van der Waals surface area contributed by atoms with E-state index in [4.69, 9.17) is 9.47 Å². The van der Waals surface area contributed by atoms with Gasteiger partial charge in [-0.3, -0.25) is 0 Å². The molecule has 26 heavy (non-hydrogen) atoms. The van der Waals surface area contributed by atoms with Crippen LogP contribution >= 0.6 is 0 Å². The van der Waals surface area contributed by atoms with Crippen molar-refractivity contribution >= 4 is 6.29 Å². The molecule has 1 unspecified atom stereocenters. The van der Waals surface area contributed by atoms with E-state index in [1.54, 1.807) is 0 Å². The molecule has 2 atom stereocenters. The van der Waals surface area contributed by atoms with E-state index in [0.29, 0.717) is 6.42 Å². The predicted octanol–water partition coefficient (Wildman–Crippen LogP) is 5.06. The lowest BCUT2D eigenvalue weighted by Crippen LogP contribution is -2.24. The van der Waals surface area contributed by atoms with Crippen LogP contribution < -0.4 is 4.74 Å². The Morgan fingerprint density at radius 2 is 1.88 bits per heavy atom. The maximum atomic E-state index is 11.1. The number of benzene rings is 2. The molecule has 0 saturated carbocycles. The van der Waals surface area contributed by atoms with Crippen LogP contribution in [0.1, 0.15) is 42.7 Å². The van der Waals surface area contributed by atoms with Gasteiger partial charge >= 0.3 is 0 Å². The Morgan fingerprint density at radius 3 is 2.58 bits per heavy atom. The largest absolute Gasteiger partial charge is 0.465 e. The zero-order chi connectivity index (χ0) is 18.0. The van der Waals surface area contributed by atoms with Gasteiger partial charge in [-0.1, -0.05) is 54.6 Å². The number of rotatable bonds is 8. The number of carbonyl (C=O) groups is 1. The highest BCUT2D eigenvalue weighted by Gasteiger charge is 2.15. The third kappa shape index (κ3) is 5.57. The normalized spacial score (nSPS) is 18.5. The lowest BCUT2D eigenvalue weighted by Gasteiger charge is -2.23. The molecule has 0 bridgehead atoms. The smallest absolute Gasteiger partial charge is 0.199 e. The molecule has 1 heterocycles. The molecule has 1 aliphatic rings. The first kappa shape index (κ1) is 18.4. The van der Waals surface area contributed by atoms with E-state index in [1.165, 1.54) is 5.56 Å². The van der Waals surface area contributed by atoms with Crippen molar-refractivity contribution in [1.29, 1.82) is 0 Å². The molecule has 0 aromatic heterocycles. The van der Waals surface area contributed by atoms with Gasteiger partial charge < -0.3 is 14.3 Å². The van der Waals surface area contributed by atoms with E-state index in [9.17, 15) is 4.79 Å². The number of aldehydes is 1. The summed E-state index contributed by atoms with van der Waals surface area (Å²) in [6.07, 6.45) is 9.68. The van der Waals surface area contributed by atoms with Gasteiger partial charge in [0.25, 0.3) is 0 Å². The Labute approximate surface area is 155 Å². The van der Waals surface area contributed by atoms with Crippen LogP contribution in [-0.4, -0.2) is 19.2 Å². The molecule has 0 spiro atoms. The van der Waals surface area contributed by atoms with Crippen LogP contribution in [0.15, 0.2) is 66.7 Å². The average molecular weight is 350 g/mol. The first-order valence-electron chi connectivity index (χ1n) is 9.37. The monoisotopic (exact) mass is 350 g/mol. The van der Waals surface area contributed by atoms with Gasteiger partial charge in [0.2, 0.25) is 0 Å². The lowest BCUT2D eigenvalue weighted by molar-refractivity contribution is -0.108. The maximum absolute atomic E-state index is 11.1. The number of allylic oxidation sites excluding steroid dienone is 2. The molecule has 136 valence electrons. The standard InChI is InChI=1S/C23H26O3/c24-17-16-20(10-6-9-19-7-2-1-3-8-19)21-12-14-22(15-13-21)26-23-11-4-5-18-25-23/h1-3,6-8,10,12-15,17,20,23H,4-5,9,11,16,18H2/b10-6+/t20-,23?/m1/s1. The van der Waals surface area contributed by atoms with Crippen molar-refractivity contribution in [3.63, 3.8) is 0 Å². The minimum absolute atomic E-state index is 0.0937. The third-order valence-corrected chi connectivity index (χ3v) is 4.63. The van der Waals surface area contributed by atoms with Crippen LogP contribution in [0.5, 0.6) is 5.75 Å². The molecule has 0 amide bonds. The van der Waals surface area contributed by atoms with Crippen molar-refractivity contribution in [1.82, 2.24) is 0 Å². The SMILES string of the molecule is O=CC[C@@H](/C=C/Cc1ccccc1)c1ccc(OC2CCCCO2)cc1. The molecule has 3 heteroatoms. The van der Waals surface area contributed by atoms with E-state index >= 15 is 0 Å². The van der Waals surface area contributed by atoms with Crippen LogP contribution in [0.3, 0.4) is 0 Å². The van der Waals surface area contributed by atoms with Gasteiger partial charge in [0.15, 0.2) is 6.29 Å². The number of hydrogen-bond acceptors (Lipinski definition) is 3. The van der Waals surface area contributed by atoms with E-state index in [2.05, 4.69) is 24.3 Å². The summed E-state index contributed by atoms with van der Waals surface area (Å²) in [5.41, 5.74) is 2.39. The summed E-state index contributed by atoms with van der Waals surface area (Å²) >= 11 is 0. The van der Waals surface area contributed by atoms with Crippen molar-refractivity contribution in [3.8, 4) is 5.75 Å². The van der Waals surface area contributed by atoms with E-state index < -0.39 is 0 Å². The maximum Gasteiger partial charge on any atom is 0.199 e. The van der Waals surface area contributed by atoms with Gasteiger partial charge in [0, 0.05) is 18.8 Å². The molecule has 1 fully saturated rings. The molecule has 0 aliphatic carbocycles. The van der Waals surface area contributed by atoms with Gasteiger partial charge in [-0.25, -0.2) is 0 Å². The van der Waals surface area contributed by atoms with Gasteiger partial charge in [0.05, 0.1) is 6.61 Å². The lowest BCUT2D eigenvalue weighted by atomic mass is 9.95. The molecular weight excluding hydrogens is 324 g/mol. The summed E-state index contributed by atoms with van der Waals surface area (Å²) in [7, 11) is 0. The summed E-state index contributed by atoms with van der Waals surface area (Å²) in [5, 5.41) is 0. The van der Waals surface area contributed by atoms with Crippen molar-refractivity contribution in [2.24, 2.45) is 0 Å². The van der Waals surface area contributed by atoms with E-state index in [0.717, 1.165) is 49.9 Å². The fourth-order valence-electron chi connectivity index (χ4n) is 3.16. The first-order chi connectivity index (χ1) is 12.8. The van der Waals surface area contributed by atoms with Crippen molar-refractivity contribution in [2.75, 3.05) is 6.61 Å². The summed E-state index contributed by atoms with van der Waals surface area (Å²) in [6.45, 7) is 0.774. The van der Waals surface area contributed by atoms with E-state index in [-0.39, 0.29) is 12.2 Å². The Hall–Kier alpha value is -2.39. The number of carbonyl (C=O) groups excluding carboxylic acids is 1. The molecule has 3 rings (SSSR count). The van der Waals surface area contributed by atoms with Gasteiger partial charge in [-0.05, 0) is 42.5 Å². The first-order valence-corrected chi connectivity index (χ1v) is 9.37. The Kier molecular flexibility index (Phi) is 7.03. The van der Waals surface area contributed by atoms with Crippen LogP contribution in [-0.2, 0) is 16.0 Å². The highest BCUT2D eigenvalue weighted by molar-refractivity contribution is 5.53. The third-order valence-electron chi connectivity index (χ3n) is 4.63. The average Bonchev–Trinajstić information content (AvgIpc) is 2.70. The zero-order valence-corrected chi connectivity index (χ0v) is 15.1. The fraction of sp³-hybridized carbons (Fsp3) is 0.348. The molecule has 2 aromatic carbocycles. The molecule has 0 N–H and O–H groups in total. The fourth-order valence-corrected chi connectivity index (χ4v) is 3.16. The quantitative estimate of drug-likeness (QED) is 0.493. The highest BCUT2D eigenvalue weighted by Crippen LogP contribution is 2.25. The second-order valence-corrected chi connectivity index (χ2v) is 6.61. The van der Waals surface area contributed by atoms with E-state index in [1.807, 2.05) is 42.5 Å². The van der Waals surface area contributed by atoms with Crippen LogP contribution in [0.4, 0.5) is 0 Å². The topological polar surface area (TPSA) is 35.5 Å². The zero-order valence-electron chi connectivity index (χ0n) is 15.1. The van der Waals surface area contributed by atoms with Crippen molar-refractivity contribution < 1.29 is 14.3 Å². The molecule has 0 radical (unpaired) electrons. The van der Waals surface area contributed by atoms with Gasteiger partial charge in [-0.2, -0.15) is 0 Å². The van der Waals surface area contributed by atoms with Gasteiger partial charge in [-0.15, -0.1) is 0 Å². The highest BCUT2D eigenvalue weighted by atomic mass is 16.7. The van der Waals surface area contributed by atoms with Crippen LogP contribution in [0.2, 0.25) is 0 Å².